The Morgan fingerprint density at radius 3 is 2.32 bits per heavy atom. The highest BCUT2D eigenvalue weighted by molar-refractivity contribution is 6.46. The lowest BCUT2D eigenvalue weighted by Crippen LogP contribution is -2.23. The number of ketones is 1. The van der Waals surface area contributed by atoms with Gasteiger partial charge in [0.15, 0.2) is 0 Å². The molecule has 96 valence electrons. The zero-order valence-corrected chi connectivity index (χ0v) is 10.9. The second-order valence-corrected chi connectivity index (χ2v) is 4.47. The first-order chi connectivity index (χ1) is 9.08. The molecule has 2 aromatic rings. The van der Waals surface area contributed by atoms with Gasteiger partial charge in [-0.15, -0.1) is 0 Å². The third kappa shape index (κ3) is 3.07. The Bertz CT molecular complexity index is 618. The van der Waals surface area contributed by atoms with E-state index in [9.17, 15) is 9.59 Å². The van der Waals surface area contributed by atoms with Crippen molar-refractivity contribution < 1.29 is 9.59 Å². The number of rotatable bonds is 3. The van der Waals surface area contributed by atoms with E-state index < -0.39 is 11.7 Å². The maximum Gasteiger partial charge on any atom is 0.296 e. The van der Waals surface area contributed by atoms with Crippen LogP contribution in [-0.4, -0.2) is 11.7 Å². The van der Waals surface area contributed by atoms with Gasteiger partial charge in [0.2, 0.25) is 0 Å². The molecule has 3 nitrogen and oxygen atoms in total. The standard InChI is InChI=1S/C16H15NO2/c1-11-8-9-12(2)14(10-11)15(18)16(19)17-13-6-4-3-5-7-13/h3-10H,1-2H3,(H,17,19). The molecule has 0 saturated carbocycles. The zero-order valence-electron chi connectivity index (χ0n) is 10.9. The molecule has 2 rings (SSSR count). The van der Waals surface area contributed by atoms with Gasteiger partial charge in [-0.3, -0.25) is 9.59 Å². The number of benzene rings is 2. The maximum absolute atomic E-state index is 12.1. The maximum atomic E-state index is 12.1. The summed E-state index contributed by atoms with van der Waals surface area (Å²) in [5.41, 5.74) is 2.83. The summed E-state index contributed by atoms with van der Waals surface area (Å²) >= 11 is 0. The highest BCUT2D eigenvalue weighted by Crippen LogP contribution is 2.13. The van der Waals surface area contributed by atoms with Crippen molar-refractivity contribution in [3.63, 3.8) is 0 Å². The Labute approximate surface area is 112 Å². The van der Waals surface area contributed by atoms with Crippen LogP contribution in [-0.2, 0) is 4.79 Å². The number of para-hydroxylation sites is 1. The van der Waals surface area contributed by atoms with E-state index in [1.807, 2.05) is 32.0 Å². The van der Waals surface area contributed by atoms with Crippen molar-refractivity contribution in [1.82, 2.24) is 0 Å². The number of hydrogen-bond donors (Lipinski definition) is 1. The molecule has 3 heteroatoms. The SMILES string of the molecule is Cc1ccc(C)c(C(=O)C(=O)Nc2ccccc2)c1. The Morgan fingerprint density at radius 1 is 0.947 bits per heavy atom. The van der Waals surface area contributed by atoms with Crippen molar-refractivity contribution in [3.05, 3.63) is 65.2 Å². The normalized spacial score (nSPS) is 10.0. The second-order valence-electron chi connectivity index (χ2n) is 4.47. The van der Waals surface area contributed by atoms with Crippen molar-refractivity contribution in [2.75, 3.05) is 5.32 Å². The lowest BCUT2D eigenvalue weighted by Gasteiger charge is -2.07. The summed E-state index contributed by atoms with van der Waals surface area (Å²) < 4.78 is 0. The molecule has 1 N–H and O–H groups in total. The molecule has 0 spiro atoms. The number of hydrogen-bond acceptors (Lipinski definition) is 2. The van der Waals surface area contributed by atoms with E-state index in [4.69, 9.17) is 0 Å². The second kappa shape index (κ2) is 5.48. The first-order valence-corrected chi connectivity index (χ1v) is 6.06. The molecule has 19 heavy (non-hydrogen) atoms. The van der Waals surface area contributed by atoms with E-state index in [0.29, 0.717) is 11.3 Å². The van der Waals surface area contributed by atoms with Crippen LogP contribution >= 0.6 is 0 Å². The molecule has 0 aliphatic heterocycles. The summed E-state index contributed by atoms with van der Waals surface area (Å²) in [4.78, 5) is 24.0. The summed E-state index contributed by atoms with van der Waals surface area (Å²) in [6, 6.07) is 14.4. The van der Waals surface area contributed by atoms with Crippen LogP contribution in [0.3, 0.4) is 0 Å². The quantitative estimate of drug-likeness (QED) is 0.674. The summed E-state index contributed by atoms with van der Waals surface area (Å²) in [7, 11) is 0. The minimum Gasteiger partial charge on any atom is -0.319 e. The molecule has 2 aromatic carbocycles. The third-order valence-corrected chi connectivity index (χ3v) is 2.88. The van der Waals surface area contributed by atoms with Crippen LogP contribution in [0.15, 0.2) is 48.5 Å². The Kier molecular flexibility index (Phi) is 3.76. The van der Waals surface area contributed by atoms with Crippen LogP contribution in [0.2, 0.25) is 0 Å². The van der Waals surface area contributed by atoms with E-state index in [1.165, 1.54) is 0 Å². The third-order valence-electron chi connectivity index (χ3n) is 2.88. The van der Waals surface area contributed by atoms with E-state index >= 15 is 0 Å². The van der Waals surface area contributed by atoms with Crippen LogP contribution in [0.25, 0.3) is 0 Å². The van der Waals surface area contributed by atoms with Crippen LogP contribution in [0.5, 0.6) is 0 Å². The van der Waals surface area contributed by atoms with Gasteiger partial charge in [0.25, 0.3) is 11.7 Å². The fourth-order valence-corrected chi connectivity index (χ4v) is 1.81. The van der Waals surface area contributed by atoms with E-state index in [1.54, 1.807) is 30.3 Å². The smallest absolute Gasteiger partial charge is 0.296 e. The topological polar surface area (TPSA) is 46.2 Å². The van der Waals surface area contributed by atoms with Crippen molar-refractivity contribution in [2.24, 2.45) is 0 Å². The number of anilines is 1. The van der Waals surface area contributed by atoms with Gasteiger partial charge in [0, 0.05) is 11.3 Å². The largest absolute Gasteiger partial charge is 0.319 e. The van der Waals surface area contributed by atoms with Crippen LogP contribution < -0.4 is 5.32 Å². The van der Waals surface area contributed by atoms with Gasteiger partial charge in [0.05, 0.1) is 0 Å². The average Bonchev–Trinajstić information content (AvgIpc) is 2.42. The van der Waals surface area contributed by atoms with Crippen LogP contribution in [0.1, 0.15) is 21.5 Å². The molecule has 0 bridgehead atoms. The van der Waals surface area contributed by atoms with Gasteiger partial charge in [-0.05, 0) is 37.6 Å². The van der Waals surface area contributed by atoms with Gasteiger partial charge in [-0.25, -0.2) is 0 Å². The predicted molar refractivity (Wildman–Crippen MR) is 75.3 cm³/mol. The number of aryl methyl sites for hydroxylation is 2. The van der Waals surface area contributed by atoms with E-state index in [2.05, 4.69) is 5.32 Å². The number of Topliss-reactive ketones (excluding diaryl/α,β-unsaturated/α-hetero) is 1. The van der Waals surface area contributed by atoms with E-state index in [0.717, 1.165) is 11.1 Å². The molecular weight excluding hydrogens is 238 g/mol. The predicted octanol–water partition coefficient (Wildman–Crippen LogP) is 3.12. The highest BCUT2D eigenvalue weighted by Gasteiger charge is 2.18. The van der Waals surface area contributed by atoms with Gasteiger partial charge in [0.1, 0.15) is 0 Å². The molecule has 0 atom stereocenters. The first kappa shape index (κ1) is 13.0. The van der Waals surface area contributed by atoms with Gasteiger partial charge >= 0.3 is 0 Å². The summed E-state index contributed by atoms with van der Waals surface area (Å²) in [6.45, 7) is 3.72. The fraction of sp³-hybridized carbons (Fsp3) is 0.125. The number of carbonyl (C=O) groups is 2. The molecule has 0 saturated heterocycles. The zero-order chi connectivity index (χ0) is 13.8. The van der Waals surface area contributed by atoms with Crippen LogP contribution in [0, 0.1) is 13.8 Å². The molecule has 0 radical (unpaired) electrons. The van der Waals surface area contributed by atoms with E-state index in [-0.39, 0.29) is 0 Å². The molecule has 0 unspecified atom stereocenters. The molecule has 0 aliphatic carbocycles. The Morgan fingerprint density at radius 2 is 1.63 bits per heavy atom. The molecule has 0 aliphatic rings. The molecular formula is C16H15NO2. The Hall–Kier alpha value is -2.42. The van der Waals surface area contributed by atoms with Crippen LogP contribution in [0.4, 0.5) is 5.69 Å². The molecule has 1 amide bonds. The summed E-state index contributed by atoms with van der Waals surface area (Å²) in [6.07, 6.45) is 0. The summed E-state index contributed by atoms with van der Waals surface area (Å²) in [5.74, 6) is -1.12. The molecule has 0 fully saturated rings. The van der Waals surface area contributed by atoms with Crippen molar-refractivity contribution in [3.8, 4) is 0 Å². The van der Waals surface area contributed by atoms with Crippen molar-refractivity contribution >= 4 is 17.4 Å². The summed E-state index contributed by atoms with van der Waals surface area (Å²) in [5, 5.41) is 2.60. The number of amides is 1. The monoisotopic (exact) mass is 253 g/mol. The first-order valence-electron chi connectivity index (χ1n) is 6.06. The van der Waals surface area contributed by atoms with Gasteiger partial charge < -0.3 is 5.32 Å². The van der Waals surface area contributed by atoms with Gasteiger partial charge in [-0.2, -0.15) is 0 Å². The number of carbonyl (C=O) groups excluding carboxylic acids is 2. The lowest BCUT2D eigenvalue weighted by atomic mass is 10.0. The lowest BCUT2D eigenvalue weighted by molar-refractivity contribution is -0.112. The Balaban J connectivity index is 2.20. The minimum absolute atomic E-state index is 0.452. The fourth-order valence-electron chi connectivity index (χ4n) is 1.81. The average molecular weight is 253 g/mol. The minimum atomic E-state index is -0.611. The van der Waals surface area contributed by atoms with Gasteiger partial charge in [-0.1, -0.05) is 35.9 Å². The van der Waals surface area contributed by atoms with Crippen molar-refractivity contribution in [1.29, 1.82) is 0 Å². The van der Waals surface area contributed by atoms with Crippen molar-refractivity contribution in [2.45, 2.75) is 13.8 Å². The molecule has 0 aromatic heterocycles. The number of nitrogens with one attached hydrogen (secondary N) is 1. The highest BCUT2D eigenvalue weighted by atomic mass is 16.2. The molecule has 0 heterocycles.